The molecule has 1 atom stereocenters. The molecule has 2 N–H and O–H groups in total. The molecule has 18 heavy (non-hydrogen) atoms. The van der Waals surface area contributed by atoms with Crippen molar-refractivity contribution in [2.45, 2.75) is 25.3 Å². The van der Waals surface area contributed by atoms with E-state index in [2.05, 4.69) is 26.6 Å². The number of hydrogen-bond donors (Lipinski definition) is 2. The number of rotatable bonds is 3. The molecular formula is C13H16BrClN2O. The fraction of sp³-hybridized carbons (Fsp3) is 0.462. The molecule has 1 fully saturated rings. The molecule has 1 aliphatic heterocycles. The standard InChI is InChI=1S/C13H16BrClN2O/c14-11-7-9(4-5-12(11)15)13(18)17-8-10-3-1-2-6-16-10/h4-5,7,10,16H,1-3,6,8H2,(H,17,18). The van der Waals surface area contributed by atoms with Crippen molar-refractivity contribution >= 4 is 33.4 Å². The first-order chi connectivity index (χ1) is 8.66. The van der Waals surface area contributed by atoms with E-state index < -0.39 is 0 Å². The second-order valence-electron chi connectivity index (χ2n) is 4.49. The summed E-state index contributed by atoms with van der Waals surface area (Å²) in [6.07, 6.45) is 3.60. The summed E-state index contributed by atoms with van der Waals surface area (Å²) in [6, 6.07) is 5.60. The maximum absolute atomic E-state index is 11.9. The summed E-state index contributed by atoms with van der Waals surface area (Å²) < 4.78 is 0.743. The van der Waals surface area contributed by atoms with Crippen LogP contribution in [0.5, 0.6) is 0 Å². The first kappa shape index (κ1) is 13.8. The van der Waals surface area contributed by atoms with Crippen LogP contribution < -0.4 is 10.6 Å². The van der Waals surface area contributed by atoms with E-state index in [1.165, 1.54) is 12.8 Å². The Morgan fingerprint density at radius 1 is 1.50 bits per heavy atom. The predicted octanol–water partition coefficient (Wildman–Crippen LogP) is 2.97. The molecule has 0 aromatic heterocycles. The summed E-state index contributed by atoms with van der Waals surface area (Å²) in [5, 5.41) is 6.96. The summed E-state index contributed by atoms with van der Waals surface area (Å²) in [4.78, 5) is 11.9. The van der Waals surface area contributed by atoms with Gasteiger partial charge < -0.3 is 10.6 Å². The van der Waals surface area contributed by atoms with Crippen LogP contribution in [-0.2, 0) is 0 Å². The molecule has 0 aliphatic carbocycles. The van der Waals surface area contributed by atoms with Gasteiger partial charge >= 0.3 is 0 Å². The predicted molar refractivity (Wildman–Crippen MR) is 77.1 cm³/mol. The van der Waals surface area contributed by atoms with E-state index in [0.29, 0.717) is 23.2 Å². The van der Waals surface area contributed by atoms with Gasteiger partial charge in [0.1, 0.15) is 0 Å². The molecule has 1 heterocycles. The molecule has 1 unspecified atom stereocenters. The second-order valence-corrected chi connectivity index (χ2v) is 5.75. The average molecular weight is 332 g/mol. The van der Waals surface area contributed by atoms with Crippen LogP contribution >= 0.6 is 27.5 Å². The maximum Gasteiger partial charge on any atom is 0.251 e. The lowest BCUT2D eigenvalue weighted by atomic mass is 10.1. The van der Waals surface area contributed by atoms with E-state index in [-0.39, 0.29) is 5.91 Å². The normalized spacial score (nSPS) is 19.6. The third-order valence-electron chi connectivity index (χ3n) is 3.10. The number of nitrogens with one attached hydrogen (secondary N) is 2. The van der Waals surface area contributed by atoms with Gasteiger partial charge in [-0.05, 0) is 53.5 Å². The Kier molecular flexibility index (Phi) is 5.03. The third kappa shape index (κ3) is 3.70. The van der Waals surface area contributed by atoms with Gasteiger partial charge in [-0.1, -0.05) is 18.0 Å². The number of amides is 1. The lowest BCUT2D eigenvalue weighted by Crippen LogP contribution is -2.43. The molecule has 0 spiro atoms. The number of piperidine rings is 1. The van der Waals surface area contributed by atoms with Crippen LogP contribution in [0.15, 0.2) is 22.7 Å². The largest absolute Gasteiger partial charge is 0.350 e. The highest BCUT2D eigenvalue weighted by atomic mass is 79.9. The Balaban J connectivity index is 1.88. The number of hydrogen-bond acceptors (Lipinski definition) is 2. The monoisotopic (exact) mass is 330 g/mol. The first-order valence-corrected chi connectivity index (χ1v) is 7.30. The Bertz CT molecular complexity index is 433. The molecule has 1 aromatic carbocycles. The van der Waals surface area contributed by atoms with Crippen LogP contribution in [0.25, 0.3) is 0 Å². The van der Waals surface area contributed by atoms with Crippen molar-refractivity contribution < 1.29 is 4.79 Å². The van der Waals surface area contributed by atoms with Crippen LogP contribution in [0, 0.1) is 0 Å². The molecule has 0 bridgehead atoms. The number of carbonyl (C=O) groups is 1. The molecule has 0 radical (unpaired) electrons. The molecule has 2 rings (SSSR count). The smallest absolute Gasteiger partial charge is 0.251 e. The van der Waals surface area contributed by atoms with E-state index >= 15 is 0 Å². The van der Waals surface area contributed by atoms with Gasteiger partial charge in [-0.15, -0.1) is 0 Å². The molecule has 98 valence electrons. The highest BCUT2D eigenvalue weighted by molar-refractivity contribution is 9.10. The van der Waals surface area contributed by atoms with Crippen LogP contribution in [0.3, 0.4) is 0 Å². The van der Waals surface area contributed by atoms with Crippen LogP contribution in [0.4, 0.5) is 0 Å². The van der Waals surface area contributed by atoms with E-state index in [4.69, 9.17) is 11.6 Å². The zero-order valence-electron chi connectivity index (χ0n) is 10.0. The Morgan fingerprint density at radius 2 is 2.33 bits per heavy atom. The SMILES string of the molecule is O=C(NCC1CCCCN1)c1ccc(Cl)c(Br)c1. The van der Waals surface area contributed by atoms with Gasteiger partial charge in [0.25, 0.3) is 5.91 Å². The molecule has 5 heteroatoms. The molecule has 1 amide bonds. The molecule has 1 aromatic rings. The van der Waals surface area contributed by atoms with Gasteiger partial charge in [0.15, 0.2) is 0 Å². The molecule has 1 aliphatic rings. The number of carbonyl (C=O) groups excluding carboxylic acids is 1. The summed E-state index contributed by atoms with van der Waals surface area (Å²) in [7, 11) is 0. The van der Waals surface area contributed by atoms with Gasteiger partial charge in [-0.2, -0.15) is 0 Å². The van der Waals surface area contributed by atoms with Gasteiger partial charge in [0, 0.05) is 22.6 Å². The Morgan fingerprint density at radius 3 is 3.00 bits per heavy atom. The minimum Gasteiger partial charge on any atom is -0.350 e. The maximum atomic E-state index is 11.9. The average Bonchev–Trinajstić information content (AvgIpc) is 2.40. The molecule has 0 saturated carbocycles. The zero-order valence-corrected chi connectivity index (χ0v) is 12.4. The van der Waals surface area contributed by atoms with Crippen LogP contribution in [-0.4, -0.2) is 25.0 Å². The van der Waals surface area contributed by atoms with Crippen LogP contribution in [0.2, 0.25) is 5.02 Å². The highest BCUT2D eigenvalue weighted by Gasteiger charge is 2.14. The fourth-order valence-electron chi connectivity index (χ4n) is 2.05. The third-order valence-corrected chi connectivity index (χ3v) is 4.32. The van der Waals surface area contributed by atoms with Crippen LogP contribution in [0.1, 0.15) is 29.6 Å². The lowest BCUT2D eigenvalue weighted by Gasteiger charge is -2.23. The van der Waals surface area contributed by atoms with E-state index in [9.17, 15) is 4.79 Å². The van der Waals surface area contributed by atoms with Crippen molar-refractivity contribution in [1.82, 2.24) is 10.6 Å². The van der Waals surface area contributed by atoms with E-state index in [1.807, 2.05) is 0 Å². The van der Waals surface area contributed by atoms with Crippen molar-refractivity contribution in [3.8, 4) is 0 Å². The minimum atomic E-state index is -0.0558. The minimum absolute atomic E-state index is 0.0558. The highest BCUT2D eigenvalue weighted by Crippen LogP contribution is 2.23. The fourth-order valence-corrected chi connectivity index (χ4v) is 2.55. The van der Waals surface area contributed by atoms with E-state index in [1.54, 1.807) is 18.2 Å². The van der Waals surface area contributed by atoms with Crippen molar-refractivity contribution in [3.05, 3.63) is 33.3 Å². The summed E-state index contributed by atoms with van der Waals surface area (Å²) in [5.41, 5.74) is 0.627. The molecule has 1 saturated heterocycles. The summed E-state index contributed by atoms with van der Waals surface area (Å²) in [5.74, 6) is -0.0558. The van der Waals surface area contributed by atoms with Gasteiger partial charge in [0.05, 0.1) is 5.02 Å². The van der Waals surface area contributed by atoms with E-state index in [0.717, 1.165) is 17.4 Å². The zero-order chi connectivity index (χ0) is 13.0. The summed E-state index contributed by atoms with van der Waals surface area (Å²) >= 11 is 9.21. The number of benzene rings is 1. The van der Waals surface area contributed by atoms with Gasteiger partial charge in [-0.3, -0.25) is 4.79 Å². The van der Waals surface area contributed by atoms with Crippen molar-refractivity contribution in [1.29, 1.82) is 0 Å². The quantitative estimate of drug-likeness (QED) is 0.894. The van der Waals surface area contributed by atoms with Crippen molar-refractivity contribution in [3.63, 3.8) is 0 Å². The van der Waals surface area contributed by atoms with Crippen molar-refractivity contribution in [2.75, 3.05) is 13.1 Å². The Labute approximate surface area is 120 Å². The lowest BCUT2D eigenvalue weighted by molar-refractivity contribution is 0.0947. The second kappa shape index (κ2) is 6.55. The topological polar surface area (TPSA) is 41.1 Å². The Hall–Kier alpha value is -0.580. The van der Waals surface area contributed by atoms with Crippen molar-refractivity contribution in [2.24, 2.45) is 0 Å². The number of halogens is 2. The first-order valence-electron chi connectivity index (χ1n) is 6.13. The van der Waals surface area contributed by atoms with Gasteiger partial charge in [0.2, 0.25) is 0 Å². The molecular weight excluding hydrogens is 316 g/mol. The van der Waals surface area contributed by atoms with Gasteiger partial charge in [-0.25, -0.2) is 0 Å². The molecule has 3 nitrogen and oxygen atoms in total. The summed E-state index contributed by atoms with van der Waals surface area (Å²) in [6.45, 7) is 1.73.